The van der Waals surface area contributed by atoms with Gasteiger partial charge in [0.1, 0.15) is 0 Å². The van der Waals surface area contributed by atoms with Crippen LogP contribution in [0.15, 0.2) is 24.3 Å². The van der Waals surface area contributed by atoms with Gasteiger partial charge in [0.2, 0.25) is 0 Å². The molecule has 0 aliphatic heterocycles. The first-order valence-electron chi connectivity index (χ1n) is 4.18. The SMILES string of the molecule is O=C(O)c1cccc(C2(O)CC2)c1. The smallest absolute Gasteiger partial charge is 0.335 e. The maximum Gasteiger partial charge on any atom is 0.335 e. The van der Waals surface area contributed by atoms with E-state index < -0.39 is 11.6 Å². The minimum absolute atomic E-state index is 0.234. The van der Waals surface area contributed by atoms with Crippen molar-refractivity contribution in [2.75, 3.05) is 0 Å². The number of hydrogen-bond donors (Lipinski definition) is 2. The van der Waals surface area contributed by atoms with E-state index in [4.69, 9.17) is 5.11 Å². The third-order valence-electron chi connectivity index (χ3n) is 2.37. The lowest BCUT2D eigenvalue weighted by atomic mass is 10.0. The van der Waals surface area contributed by atoms with Gasteiger partial charge in [-0.2, -0.15) is 0 Å². The van der Waals surface area contributed by atoms with Gasteiger partial charge in [0.15, 0.2) is 0 Å². The Morgan fingerprint density at radius 2 is 2.08 bits per heavy atom. The van der Waals surface area contributed by atoms with E-state index in [1.807, 2.05) is 0 Å². The Morgan fingerprint density at radius 3 is 2.62 bits per heavy atom. The molecule has 2 rings (SSSR count). The van der Waals surface area contributed by atoms with Crippen molar-refractivity contribution in [3.63, 3.8) is 0 Å². The first kappa shape index (κ1) is 8.26. The summed E-state index contributed by atoms with van der Waals surface area (Å²) in [5, 5.41) is 18.4. The third-order valence-corrected chi connectivity index (χ3v) is 2.37. The Kier molecular flexibility index (Phi) is 1.63. The normalized spacial score (nSPS) is 18.2. The molecule has 1 saturated carbocycles. The van der Waals surface area contributed by atoms with Gasteiger partial charge in [0.05, 0.1) is 11.2 Å². The lowest BCUT2D eigenvalue weighted by Crippen LogP contribution is -2.06. The Hall–Kier alpha value is -1.35. The van der Waals surface area contributed by atoms with E-state index in [2.05, 4.69) is 0 Å². The average Bonchev–Trinajstić information content (AvgIpc) is 2.85. The quantitative estimate of drug-likeness (QED) is 0.719. The van der Waals surface area contributed by atoms with Gasteiger partial charge in [0, 0.05) is 0 Å². The molecule has 0 saturated heterocycles. The molecular weight excluding hydrogens is 168 g/mol. The molecular formula is C10H10O3. The zero-order valence-electron chi connectivity index (χ0n) is 7.03. The van der Waals surface area contributed by atoms with Crippen LogP contribution in [-0.2, 0) is 5.60 Å². The van der Waals surface area contributed by atoms with Crippen LogP contribution in [0.2, 0.25) is 0 Å². The lowest BCUT2D eigenvalue weighted by molar-refractivity contribution is 0.0696. The molecule has 3 heteroatoms. The summed E-state index contributed by atoms with van der Waals surface area (Å²) in [6, 6.07) is 6.49. The Balaban J connectivity index is 2.38. The van der Waals surface area contributed by atoms with Crippen LogP contribution < -0.4 is 0 Å². The second-order valence-corrected chi connectivity index (χ2v) is 3.42. The van der Waals surface area contributed by atoms with Gasteiger partial charge >= 0.3 is 5.97 Å². The second-order valence-electron chi connectivity index (χ2n) is 3.42. The van der Waals surface area contributed by atoms with Crippen molar-refractivity contribution in [3.05, 3.63) is 35.4 Å². The van der Waals surface area contributed by atoms with E-state index in [-0.39, 0.29) is 5.56 Å². The predicted octanol–water partition coefficient (Wildman–Crippen LogP) is 1.37. The van der Waals surface area contributed by atoms with Crippen LogP contribution in [0.3, 0.4) is 0 Å². The van der Waals surface area contributed by atoms with Gasteiger partial charge in [-0.3, -0.25) is 0 Å². The van der Waals surface area contributed by atoms with E-state index in [0.717, 1.165) is 12.8 Å². The molecule has 1 aromatic carbocycles. The zero-order valence-corrected chi connectivity index (χ0v) is 7.03. The largest absolute Gasteiger partial charge is 0.478 e. The third kappa shape index (κ3) is 1.42. The average molecular weight is 178 g/mol. The molecule has 1 fully saturated rings. The minimum Gasteiger partial charge on any atom is -0.478 e. The molecule has 0 atom stereocenters. The van der Waals surface area contributed by atoms with Gasteiger partial charge in [-0.15, -0.1) is 0 Å². The predicted molar refractivity (Wildman–Crippen MR) is 46.5 cm³/mol. The Morgan fingerprint density at radius 1 is 1.38 bits per heavy atom. The molecule has 1 aromatic rings. The van der Waals surface area contributed by atoms with E-state index in [0.29, 0.717) is 5.56 Å². The van der Waals surface area contributed by atoms with Crippen molar-refractivity contribution in [1.29, 1.82) is 0 Å². The number of rotatable bonds is 2. The molecule has 0 heterocycles. The zero-order chi connectivity index (χ0) is 9.47. The number of benzene rings is 1. The molecule has 2 N–H and O–H groups in total. The lowest BCUT2D eigenvalue weighted by Gasteiger charge is -2.07. The number of carbonyl (C=O) groups is 1. The summed E-state index contributed by atoms with van der Waals surface area (Å²) in [6.07, 6.45) is 1.46. The molecule has 0 amide bonds. The highest BCUT2D eigenvalue weighted by Gasteiger charge is 2.42. The number of carboxylic acids is 1. The highest BCUT2D eigenvalue weighted by atomic mass is 16.4. The number of carboxylic acid groups (broad SMARTS) is 1. The van der Waals surface area contributed by atoms with Crippen LogP contribution in [0.5, 0.6) is 0 Å². The molecule has 0 bridgehead atoms. The van der Waals surface area contributed by atoms with Gasteiger partial charge in [-0.25, -0.2) is 4.79 Å². The summed E-state index contributed by atoms with van der Waals surface area (Å²) in [7, 11) is 0. The number of aromatic carboxylic acids is 1. The van der Waals surface area contributed by atoms with E-state index in [9.17, 15) is 9.90 Å². The first-order chi connectivity index (χ1) is 6.12. The van der Waals surface area contributed by atoms with Crippen LogP contribution in [0.25, 0.3) is 0 Å². The molecule has 0 spiro atoms. The molecule has 1 aliphatic carbocycles. The molecule has 1 aliphatic rings. The van der Waals surface area contributed by atoms with Crippen LogP contribution >= 0.6 is 0 Å². The minimum atomic E-state index is -0.953. The van der Waals surface area contributed by atoms with Crippen LogP contribution in [0.4, 0.5) is 0 Å². The van der Waals surface area contributed by atoms with Gasteiger partial charge in [-0.05, 0) is 30.5 Å². The van der Waals surface area contributed by atoms with E-state index >= 15 is 0 Å². The van der Waals surface area contributed by atoms with Crippen molar-refractivity contribution < 1.29 is 15.0 Å². The Labute approximate surface area is 75.6 Å². The number of hydrogen-bond acceptors (Lipinski definition) is 2. The summed E-state index contributed by atoms with van der Waals surface area (Å²) in [4.78, 5) is 10.6. The van der Waals surface area contributed by atoms with Gasteiger partial charge in [0.25, 0.3) is 0 Å². The van der Waals surface area contributed by atoms with E-state index in [1.54, 1.807) is 12.1 Å². The van der Waals surface area contributed by atoms with Crippen molar-refractivity contribution in [3.8, 4) is 0 Å². The van der Waals surface area contributed by atoms with Crippen molar-refractivity contribution in [2.45, 2.75) is 18.4 Å². The molecule has 68 valence electrons. The summed E-state index contributed by atoms with van der Waals surface area (Å²) >= 11 is 0. The molecule has 0 radical (unpaired) electrons. The van der Waals surface area contributed by atoms with Gasteiger partial charge < -0.3 is 10.2 Å². The van der Waals surface area contributed by atoms with Crippen LogP contribution in [0, 0.1) is 0 Å². The van der Waals surface area contributed by atoms with Crippen molar-refractivity contribution >= 4 is 5.97 Å². The monoisotopic (exact) mass is 178 g/mol. The molecule has 0 unspecified atom stereocenters. The summed E-state index contributed by atoms with van der Waals surface area (Å²) in [6.45, 7) is 0. The molecule has 13 heavy (non-hydrogen) atoms. The summed E-state index contributed by atoms with van der Waals surface area (Å²) in [5.74, 6) is -0.953. The fraction of sp³-hybridized carbons (Fsp3) is 0.300. The van der Waals surface area contributed by atoms with E-state index in [1.165, 1.54) is 12.1 Å². The van der Waals surface area contributed by atoms with Crippen molar-refractivity contribution in [1.82, 2.24) is 0 Å². The first-order valence-corrected chi connectivity index (χ1v) is 4.18. The number of aliphatic hydroxyl groups is 1. The fourth-order valence-electron chi connectivity index (χ4n) is 1.35. The topological polar surface area (TPSA) is 57.5 Å². The second kappa shape index (κ2) is 2.57. The summed E-state index contributed by atoms with van der Waals surface area (Å²) in [5.41, 5.74) is 0.205. The van der Waals surface area contributed by atoms with Gasteiger partial charge in [-0.1, -0.05) is 12.1 Å². The highest BCUT2D eigenvalue weighted by Crippen LogP contribution is 2.45. The molecule has 3 nitrogen and oxygen atoms in total. The standard InChI is InChI=1S/C10H10O3/c11-9(12)7-2-1-3-8(6-7)10(13)4-5-10/h1-3,6,13H,4-5H2,(H,11,12). The fourth-order valence-corrected chi connectivity index (χ4v) is 1.35. The summed E-state index contributed by atoms with van der Waals surface area (Å²) < 4.78 is 0. The maximum absolute atomic E-state index is 10.6. The van der Waals surface area contributed by atoms with Crippen molar-refractivity contribution in [2.24, 2.45) is 0 Å². The highest BCUT2D eigenvalue weighted by molar-refractivity contribution is 5.87. The Bertz CT molecular complexity index is 353. The maximum atomic E-state index is 10.6. The van der Waals surface area contributed by atoms with Crippen LogP contribution in [0.1, 0.15) is 28.8 Å². The van der Waals surface area contributed by atoms with Crippen LogP contribution in [-0.4, -0.2) is 16.2 Å². The molecule has 0 aromatic heterocycles.